The van der Waals surface area contributed by atoms with E-state index in [4.69, 9.17) is 9.15 Å². The molecule has 0 aliphatic rings. The molecule has 0 radical (unpaired) electrons. The van der Waals surface area contributed by atoms with Gasteiger partial charge in [0, 0.05) is 12.5 Å². The van der Waals surface area contributed by atoms with Gasteiger partial charge < -0.3 is 14.3 Å². The van der Waals surface area contributed by atoms with Gasteiger partial charge in [0.25, 0.3) is 0 Å². The van der Waals surface area contributed by atoms with Gasteiger partial charge in [0.1, 0.15) is 11.9 Å². The van der Waals surface area contributed by atoms with E-state index in [0.29, 0.717) is 11.1 Å². The smallest absolute Gasteiger partial charge is 0.170 e. The monoisotopic (exact) mass is 252 g/mol. The molecule has 1 heterocycles. The van der Waals surface area contributed by atoms with Gasteiger partial charge in [0.05, 0.1) is 6.10 Å². The lowest BCUT2D eigenvalue weighted by Crippen LogP contribution is -2.26. The Hall–Kier alpha value is -1.39. The molecule has 2 rings (SSSR count). The highest BCUT2D eigenvalue weighted by atomic mass is 19.1. The molecular formula is C14H17FO3. The summed E-state index contributed by atoms with van der Waals surface area (Å²) in [5.41, 5.74) is 0.171. The normalized spacial score (nSPS) is 15.2. The summed E-state index contributed by atoms with van der Waals surface area (Å²) in [7, 11) is 1.54. The lowest BCUT2D eigenvalue weighted by Gasteiger charge is -2.23. The maximum absolute atomic E-state index is 13.5. The minimum Gasteiger partial charge on any atom is -0.455 e. The molecule has 1 aromatic carbocycles. The average molecular weight is 252 g/mol. The Kier molecular flexibility index (Phi) is 3.68. The second kappa shape index (κ2) is 5.08. The standard InChI is InChI=1S/C14H17FO3/c1-8(2)13(17-3)12(16)11-7-9-5-4-6-10(15)14(9)18-11/h4-8,12-13,16H,1-3H3. The van der Waals surface area contributed by atoms with Gasteiger partial charge in [-0.2, -0.15) is 0 Å². The van der Waals surface area contributed by atoms with Crippen LogP contribution in [0.2, 0.25) is 0 Å². The molecule has 98 valence electrons. The Morgan fingerprint density at radius 3 is 2.61 bits per heavy atom. The Bertz CT molecular complexity index is 533. The van der Waals surface area contributed by atoms with E-state index < -0.39 is 11.9 Å². The van der Waals surface area contributed by atoms with Crippen molar-refractivity contribution in [3.05, 3.63) is 35.8 Å². The molecule has 0 aliphatic heterocycles. The number of halogens is 1. The van der Waals surface area contributed by atoms with Crippen LogP contribution in [0.4, 0.5) is 4.39 Å². The van der Waals surface area contributed by atoms with E-state index in [1.165, 1.54) is 13.2 Å². The van der Waals surface area contributed by atoms with Gasteiger partial charge >= 0.3 is 0 Å². The fraction of sp³-hybridized carbons (Fsp3) is 0.429. The molecule has 3 nitrogen and oxygen atoms in total. The summed E-state index contributed by atoms with van der Waals surface area (Å²) in [5.74, 6) is 0.0307. The fourth-order valence-electron chi connectivity index (χ4n) is 2.12. The van der Waals surface area contributed by atoms with Crippen LogP contribution in [0.5, 0.6) is 0 Å². The van der Waals surface area contributed by atoms with Crippen molar-refractivity contribution in [3.63, 3.8) is 0 Å². The minimum atomic E-state index is -0.901. The summed E-state index contributed by atoms with van der Waals surface area (Å²) in [4.78, 5) is 0. The molecule has 0 saturated carbocycles. The van der Waals surface area contributed by atoms with Crippen LogP contribution in [0, 0.1) is 11.7 Å². The molecule has 0 spiro atoms. The van der Waals surface area contributed by atoms with Crippen LogP contribution in [0.15, 0.2) is 28.7 Å². The van der Waals surface area contributed by atoms with Gasteiger partial charge in [-0.05, 0) is 18.1 Å². The van der Waals surface area contributed by atoms with E-state index in [1.807, 2.05) is 13.8 Å². The van der Waals surface area contributed by atoms with Crippen LogP contribution in [0.1, 0.15) is 25.7 Å². The third-order valence-electron chi connectivity index (χ3n) is 3.05. The predicted octanol–water partition coefficient (Wildman–Crippen LogP) is 3.28. The summed E-state index contributed by atoms with van der Waals surface area (Å²) >= 11 is 0. The maximum Gasteiger partial charge on any atom is 0.170 e. The molecule has 0 saturated heterocycles. The van der Waals surface area contributed by atoms with Crippen molar-refractivity contribution in [2.24, 2.45) is 5.92 Å². The number of ether oxygens (including phenoxy) is 1. The van der Waals surface area contributed by atoms with Crippen molar-refractivity contribution in [2.45, 2.75) is 26.1 Å². The number of benzene rings is 1. The summed E-state index contributed by atoms with van der Waals surface area (Å²) in [5, 5.41) is 10.8. The number of hydrogen-bond donors (Lipinski definition) is 1. The molecule has 18 heavy (non-hydrogen) atoms. The first kappa shape index (κ1) is 13.1. The summed E-state index contributed by atoms with van der Waals surface area (Å²) in [6.07, 6.45) is -1.28. The number of furan rings is 1. The largest absolute Gasteiger partial charge is 0.455 e. The van der Waals surface area contributed by atoms with E-state index in [1.54, 1.807) is 18.2 Å². The van der Waals surface area contributed by atoms with Crippen LogP contribution in [0.25, 0.3) is 11.0 Å². The second-order valence-corrected chi connectivity index (χ2v) is 4.70. The van der Waals surface area contributed by atoms with E-state index >= 15 is 0 Å². The quantitative estimate of drug-likeness (QED) is 0.908. The zero-order valence-corrected chi connectivity index (χ0v) is 10.7. The van der Waals surface area contributed by atoms with E-state index in [0.717, 1.165) is 0 Å². The predicted molar refractivity (Wildman–Crippen MR) is 66.8 cm³/mol. The van der Waals surface area contributed by atoms with Crippen LogP contribution in [0.3, 0.4) is 0 Å². The fourth-order valence-corrected chi connectivity index (χ4v) is 2.12. The summed E-state index contributed by atoms with van der Waals surface area (Å²) in [6, 6.07) is 6.34. The number of rotatable bonds is 4. The first-order chi connectivity index (χ1) is 8.54. The number of hydrogen-bond acceptors (Lipinski definition) is 3. The van der Waals surface area contributed by atoms with E-state index in [9.17, 15) is 9.50 Å². The van der Waals surface area contributed by atoms with Gasteiger partial charge in [-0.3, -0.25) is 0 Å². The molecule has 2 atom stereocenters. The first-order valence-corrected chi connectivity index (χ1v) is 5.93. The molecule has 1 aromatic heterocycles. The van der Waals surface area contributed by atoms with Crippen LogP contribution in [-0.4, -0.2) is 18.3 Å². The maximum atomic E-state index is 13.5. The molecule has 1 N–H and O–H groups in total. The topological polar surface area (TPSA) is 42.6 Å². The zero-order chi connectivity index (χ0) is 13.3. The van der Waals surface area contributed by atoms with Crippen molar-refractivity contribution in [2.75, 3.05) is 7.11 Å². The van der Waals surface area contributed by atoms with Crippen LogP contribution < -0.4 is 0 Å². The zero-order valence-electron chi connectivity index (χ0n) is 10.7. The molecule has 4 heteroatoms. The Labute approximate surface area is 105 Å². The molecule has 2 unspecified atom stereocenters. The van der Waals surface area contributed by atoms with Crippen molar-refractivity contribution in [1.82, 2.24) is 0 Å². The van der Waals surface area contributed by atoms with Crippen molar-refractivity contribution < 1.29 is 18.7 Å². The van der Waals surface area contributed by atoms with Crippen LogP contribution >= 0.6 is 0 Å². The third-order valence-corrected chi connectivity index (χ3v) is 3.05. The number of aliphatic hydroxyl groups excluding tert-OH is 1. The van der Waals surface area contributed by atoms with Crippen LogP contribution in [-0.2, 0) is 4.74 Å². The van der Waals surface area contributed by atoms with Gasteiger partial charge in [-0.1, -0.05) is 26.0 Å². The number of methoxy groups -OCH3 is 1. The molecule has 0 amide bonds. The second-order valence-electron chi connectivity index (χ2n) is 4.70. The Morgan fingerprint density at radius 1 is 1.33 bits per heavy atom. The van der Waals surface area contributed by atoms with Gasteiger partial charge in [-0.25, -0.2) is 4.39 Å². The molecular weight excluding hydrogens is 235 g/mol. The lowest BCUT2D eigenvalue weighted by molar-refractivity contribution is -0.0474. The lowest BCUT2D eigenvalue weighted by atomic mass is 10.00. The molecule has 0 fully saturated rings. The summed E-state index contributed by atoms with van der Waals surface area (Å²) < 4.78 is 24.1. The number of fused-ring (bicyclic) bond motifs is 1. The van der Waals surface area contributed by atoms with Crippen molar-refractivity contribution in [3.8, 4) is 0 Å². The number of para-hydroxylation sites is 1. The highest BCUT2D eigenvalue weighted by molar-refractivity contribution is 5.78. The highest BCUT2D eigenvalue weighted by Crippen LogP contribution is 2.30. The minimum absolute atomic E-state index is 0.128. The third kappa shape index (κ3) is 2.26. The SMILES string of the molecule is COC(C(C)C)C(O)c1cc2cccc(F)c2o1. The molecule has 2 aromatic rings. The van der Waals surface area contributed by atoms with Gasteiger partial charge in [0.15, 0.2) is 11.4 Å². The summed E-state index contributed by atoms with van der Waals surface area (Å²) in [6.45, 7) is 3.89. The molecule has 0 bridgehead atoms. The molecule has 0 aliphatic carbocycles. The average Bonchev–Trinajstić information content (AvgIpc) is 2.74. The van der Waals surface area contributed by atoms with Crippen molar-refractivity contribution in [1.29, 1.82) is 0 Å². The Balaban J connectivity index is 2.39. The van der Waals surface area contributed by atoms with E-state index in [2.05, 4.69) is 0 Å². The first-order valence-electron chi connectivity index (χ1n) is 5.93. The van der Waals surface area contributed by atoms with Crippen molar-refractivity contribution >= 4 is 11.0 Å². The van der Waals surface area contributed by atoms with Gasteiger partial charge in [-0.15, -0.1) is 0 Å². The van der Waals surface area contributed by atoms with E-state index in [-0.39, 0.29) is 17.6 Å². The van der Waals surface area contributed by atoms with Gasteiger partial charge in [0.2, 0.25) is 0 Å². The highest BCUT2D eigenvalue weighted by Gasteiger charge is 2.27. The number of aliphatic hydroxyl groups is 1. The Morgan fingerprint density at radius 2 is 2.06 bits per heavy atom.